The second-order valence-corrected chi connectivity index (χ2v) is 5.47. The molecule has 0 bridgehead atoms. The molecule has 0 aromatic heterocycles. The van der Waals surface area contributed by atoms with Gasteiger partial charge in [0.05, 0.1) is 6.61 Å². The van der Waals surface area contributed by atoms with Gasteiger partial charge in [-0.25, -0.2) is 0 Å². The van der Waals surface area contributed by atoms with Gasteiger partial charge in [-0.2, -0.15) is 0 Å². The molecule has 1 saturated carbocycles. The van der Waals surface area contributed by atoms with Crippen molar-refractivity contribution in [2.75, 3.05) is 32.8 Å². The molecule has 0 aromatic carbocycles. The number of nitrogens with zero attached hydrogens (tertiary/aromatic N) is 1. The van der Waals surface area contributed by atoms with E-state index in [9.17, 15) is 5.11 Å². The summed E-state index contributed by atoms with van der Waals surface area (Å²) in [6, 6.07) is 0. The minimum absolute atomic E-state index is 0.0535. The predicted octanol–water partition coefficient (Wildman–Crippen LogP) is 1.37. The molecular formula is C13H26N2O. The van der Waals surface area contributed by atoms with Gasteiger partial charge in [0.1, 0.15) is 0 Å². The first-order valence-corrected chi connectivity index (χ1v) is 6.93. The van der Waals surface area contributed by atoms with Gasteiger partial charge in [-0.15, -0.1) is 0 Å². The SMILES string of the molecule is OCC1(NCCN2CCCC2)CCCCC1. The Kier molecular flexibility index (Phi) is 4.62. The average Bonchev–Trinajstić information content (AvgIpc) is 2.83. The minimum atomic E-state index is 0.0535. The Balaban J connectivity index is 1.69. The third-order valence-corrected chi connectivity index (χ3v) is 4.24. The lowest BCUT2D eigenvalue weighted by Gasteiger charge is -2.37. The van der Waals surface area contributed by atoms with Gasteiger partial charge in [0.2, 0.25) is 0 Å². The largest absolute Gasteiger partial charge is 0.394 e. The summed E-state index contributed by atoms with van der Waals surface area (Å²) in [7, 11) is 0. The molecule has 0 aromatic rings. The van der Waals surface area contributed by atoms with E-state index in [-0.39, 0.29) is 5.54 Å². The first kappa shape index (κ1) is 12.3. The maximum Gasteiger partial charge on any atom is 0.0613 e. The third-order valence-electron chi connectivity index (χ3n) is 4.24. The molecule has 0 unspecified atom stereocenters. The fourth-order valence-electron chi connectivity index (χ4n) is 3.10. The van der Waals surface area contributed by atoms with E-state index in [1.165, 1.54) is 45.2 Å². The molecule has 16 heavy (non-hydrogen) atoms. The fraction of sp³-hybridized carbons (Fsp3) is 1.00. The Labute approximate surface area is 99.2 Å². The van der Waals surface area contributed by atoms with Gasteiger partial charge >= 0.3 is 0 Å². The number of rotatable bonds is 5. The Bertz CT molecular complexity index is 196. The predicted molar refractivity (Wildman–Crippen MR) is 66.6 cm³/mol. The van der Waals surface area contributed by atoms with E-state index in [4.69, 9.17) is 0 Å². The van der Waals surface area contributed by atoms with Crippen molar-refractivity contribution in [3.63, 3.8) is 0 Å². The average molecular weight is 226 g/mol. The van der Waals surface area contributed by atoms with Crippen molar-refractivity contribution in [1.29, 1.82) is 0 Å². The number of aliphatic hydroxyl groups excluding tert-OH is 1. The number of hydrogen-bond acceptors (Lipinski definition) is 3. The van der Waals surface area contributed by atoms with Gasteiger partial charge in [-0.05, 0) is 38.8 Å². The van der Waals surface area contributed by atoms with E-state index in [0.29, 0.717) is 6.61 Å². The van der Waals surface area contributed by atoms with Crippen LogP contribution < -0.4 is 5.32 Å². The van der Waals surface area contributed by atoms with Gasteiger partial charge in [0, 0.05) is 18.6 Å². The van der Waals surface area contributed by atoms with Crippen LogP contribution in [0.3, 0.4) is 0 Å². The first-order chi connectivity index (χ1) is 7.85. The number of hydrogen-bond donors (Lipinski definition) is 2. The van der Waals surface area contributed by atoms with Crippen LogP contribution in [-0.4, -0.2) is 48.3 Å². The summed E-state index contributed by atoms with van der Waals surface area (Å²) >= 11 is 0. The highest BCUT2D eigenvalue weighted by Gasteiger charge is 2.30. The zero-order valence-electron chi connectivity index (χ0n) is 10.4. The van der Waals surface area contributed by atoms with E-state index >= 15 is 0 Å². The standard InChI is InChI=1S/C13H26N2O/c16-12-13(6-2-1-3-7-13)14-8-11-15-9-4-5-10-15/h14,16H,1-12H2. The molecule has 0 atom stereocenters. The summed E-state index contributed by atoms with van der Waals surface area (Å²) in [6.45, 7) is 5.05. The summed E-state index contributed by atoms with van der Waals surface area (Å²) in [5, 5.41) is 13.2. The van der Waals surface area contributed by atoms with Crippen molar-refractivity contribution in [2.24, 2.45) is 0 Å². The molecule has 1 aliphatic heterocycles. The molecule has 0 radical (unpaired) electrons. The van der Waals surface area contributed by atoms with Crippen molar-refractivity contribution in [2.45, 2.75) is 50.5 Å². The molecular weight excluding hydrogens is 200 g/mol. The third kappa shape index (κ3) is 3.19. The molecule has 0 spiro atoms. The zero-order valence-corrected chi connectivity index (χ0v) is 10.4. The lowest BCUT2D eigenvalue weighted by Crippen LogP contribution is -2.51. The van der Waals surface area contributed by atoms with Crippen LogP contribution in [0.5, 0.6) is 0 Å². The second kappa shape index (κ2) is 5.99. The van der Waals surface area contributed by atoms with Crippen LogP contribution >= 0.6 is 0 Å². The van der Waals surface area contributed by atoms with Crippen LogP contribution in [0, 0.1) is 0 Å². The number of likely N-dealkylation sites (tertiary alicyclic amines) is 1. The minimum Gasteiger partial charge on any atom is -0.394 e. The van der Waals surface area contributed by atoms with E-state index in [1.54, 1.807) is 0 Å². The number of aliphatic hydroxyl groups is 1. The smallest absolute Gasteiger partial charge is 0.0613 e. The molecule has 1 aliphatic carbocycles. The van der Waals surface area contributed by atoms with Gasteiger partial charge in [-0.3, -0.25) is 0 Å². The van der Waals surface area contributed by atoms with Gasteiger partial charge in [0.25, 0.3) is 0 Å². The van der Waals surface area contributed by atoms with Gasteiger partial charge in [-0.1, -0.05) is 19.3 Å². The quantitative estimate of drug-likeness (QED) is 0.743. The van der Waals surface area contributed by atoms with Crippen molar-refractivity contribution in [3.8, 4) is 0 Å². The summed E-state index contributed by atoms with van der Waals surface area (Å²) in [6.07, 6.45) is 8.94. The van der Waals surface area contributed by atoms with E-state index in [2.05, 4.69) is 10.2 Å². The zero-order chi connectivity index (χ0) is 11.3. The highest BCUT2D eigenvalue weighted by Crippen LogP contribution is 2.27. The highest BCUT2D eigenvalue weighted by atomic mass is 16.3. The molecule has 2 aliphatic rings. The fourth-order valence-corrected chi connectivity index (χ4v) is 3.10. The van der Waals surface area contributed by atoms with Crippen LogP contribution in [0.2, 0.25) is 0 Å². The molecule has 1 saturated heterocycles. The van der Waals surface area contributed by atoms with E-state index in [0.717, 1.165) is 25.9 Å². The van der Waals surface area contributed by atoms with Crippen LogP contribution in [0.15, 0.2) is 0 Å². The normalized spacial score (nSPS) is 26.1. The molecule has 2 rings (SSSR count). The summed E-state index contributed by atoms with van der Waals surface area (Å²) in [5.41, 5.74) is 0.0535. The van der Waals surface area contributed by atoms with Crippen LogP contribution in [0.1, 0.15) is 44.9 Å². The molecule has 94 valence electrons. The summed E-state index contributed by atoms with van der Waals surface area (Å²) in [5.74, 6) is 0. The van der Waals surface area contributed by atoms with Crippen molar-refractivity contribution < 1.29 is 5.11 Å². The highest BCUT2D eigenvalue weighted by molar-refractivity contribution is 4.90. The second-order valence-electron chi connectivity index (χ2n) is 5.47. The molecule has 3 heteroatoms. The van der Waals surface area contributed by atoms with E-state index in [1.807, 2.05) is 0 Å². The maximum atomic E-state index is 9.56. The molecule has 3 nitrogen and oxygen atoms in total. The van der Waals surface area contributed by atoms with E-state index < -0.39 is 0 Å². The van der Waals surface area contributed by atoms with Crippen molar-refractivity contribution in [1.82, 2.24) is 10.2 Å². The lowest BCUT2D eigenvalue weighted by molar-refractivity contribution is 0.118. The van der Waals surface area contributed by atoms with Crippen molar-refractivity contribution >= 4 is 0 Å². The maximum absolute atomic E-state index is 9.56. The first-order valence-electron chi connectivity index (χ1n) is 6.93. The Morgan fingerprint density at radius 2 is 1.69 bits per heavy atom. The van der Waals surface area contributed by atoms with Gasteiger partial charge < -0.3 is 15.3 Å². The van der Waals surface area contributed by atoms with Crippen LogP contribution in [0.25, 0.3) is 0 Å². The number of nitrogens with one attached hydrogen (secondary N) is 1. The molecule has 2 fully saturated rings. The molecule has 0 amide bonds. The lowest BCUT2D eigenvalue weighted by atomic mass is 9.82. The Hall–Kier alpha value is -0.120. The molecule has 2 N–H and O–H groups in total. The van der Waals surface area contributed by atoms with Crippen LogP contribution in [0.4, 0.5) is 0 Å². The Morgan fingerprint density at radius 3 is 2.31 bits per heavy atom. The van der Waals surface area contributed by atoms with Gasteiger partial charge in [0.15, 0.2) is 0 Å². The van der Waals surface area contributed by atoms with Crippen LogP contribution in [-0.2, 0) is 0 Å². The molecule has 1 heterocycles. The topological polar surface area (TPSA) is 35.5 Å². The Morgan fingerprint density at radius 1 is 1.00 bits per heavy atom. The van der Waals surface area contributed by atoms with Crippen molar-refractivity contribution in [3.05, 3.63) is 0 Å². The summed E-state index contributed by atoms with van der Waals surface area (Å²) < 4.78 is 0. The monoisotopic (exact) mass is 226 g/mol. The summed E-state index contributed by atoms with van der Waals surface area (Å²) in [4.78, 5) is 2.53.